The zero-order valence-corrected chi connectivity index (χ0v) is 8.94. The Morgan fingerprint density at radius 1 is 1.35 bits per heavy atom. The fourth-order valence-electron chi connectivity index (χ4n) is 1.70. The van der Waals surface area contributed by atoms with Crippen LogP contribution < -0.4 is 0 Å². The van der Waals surface area contributed by atoms with Gasteiger partial charge in [0.1, 0.15) is 0 Å². The Balaban J connectivity index is 1.93. The van der Waals surface area contributed by atoms with E-state index in [1.165, 1.54) is 0 Å². The van der Waals surface area contributed by atoms with Crippen LogP contribution in [0.15, 0.2) is 4.52 Å². The summed E-state index contributed by atoms with van der Waals surface area (Å²) in [5, 5.41) is 12.2. The first-order valence-electron chi connectivity index (χ1n) is 5.25. The Bertz CT molecular complexity index is 372. The zero-order chi connectivity index (χ0) is 12.5. The molecule has 2 heterocycles. The SMILES string of the molecule is OC1CCN(Cc2nc(C(F)(F)F)no2)CC1. The van der Waals surface area contributed by atoms with E-state index >= 15 is 0 Å². The van der Waals surface area contributed by atoms with Crippen molar-refractivity contribution in [2.24, 2.45) is 0 Å². The monoisotopic (exact) mass is 251 g/mol. The van der Waals surface area contributed by atoms with Gasteiger partial charge in [-0.2, -0.15) is 18.2 Å². The van der Waals surface area contributed by atoms with Crippen LogP contribution in [0.25, 0.3) is 0 Å². The normalized spacial score (nSPS) is 19.8. The van der Waals surface area contributed by atoms with Gasteiger partial charge in [0.15, 0.2) is 0 Å². The van der Waals surface area contributed by atoms with Gasteiger partial charge in [-0.15, -0.1) is 0 Å². The van der Waals surface area contributed by atoms with Gasteiger partial charge in [0, 0.05) is 13.1 Å². The fourth-order valence-corrected chi connectivity index (χ4v) is 1.70. The average molecular weight is 251 g/mol. The minimum Gasteiger partial charge on any atom is -0.393 e. The molecule has 0 atom stereocenters. The highest BCUT2D eigenvalue weighted by atomic mass is 19.4. The van der Waals surface area contributed by atoms with Gasteiger partial charge in [-0.25, -0.2) is 0 Å². The number of nitrogens with zero attached hydrogens (tertiary/aromatic N) is 3. The predicted octanol–water partition coefficient (Wildman–Crippen LogP) is 1.05. The lowest BCUT2D eigenvalue weighted by atomic mass is 10.1. The van der Waals surface area contributed by atoms with Gasteiger partial charge in [-0.05, 0) is 12.8 Å². The van der Waals surface area contributed by atoms with E-state index in [9.17, 15) is 18.3 Å². The highest BCUT2D eigenvalue weighted by molar-refractivity contribution is 4.91. The fraction of sp³-hybridized carbons (Fsp3) is 0.778. The van der Waals surface area contributed by atoms with E-state index in [1.807, 2.05) is 4.90 Å². The van der Waals surface area contributed by atoms with E-state index in [1.54, 1.807) is 0 Å². The smallest absolute Gasteiger partial charge is 0.393 e. The van der Waals surface area contributed by atoms with E-state index in [0.717, 1.165) is 0 Å². The molecule has 1 aliphatic heterocycles. The molecule has 0 unspecified atom stereocenters. The van der Waals surface area contributed by atoms with Gasteiger partial charge in [0.05, 0.1) is 12.6 Å². The van der Waals surface area contributed by atoms with E-state index in [-0.39, 0.29) is 18.5 Å². The lowest BCUT2D eigenvalue weighted by Crippen LogP contribution is -2.35. The number of alkyl halides is 3. The zero-order valence-electron chi connectivity index (χ0n) is 8.94. The molecule has 1 aromatic rings. The second-order valence-corrected chi connectivity index (χ2v) is 4.02. The van der Waals surface area contributed by atoms with Crippen molar-refractivity contribution in [2.45, 2.75) is 31.7 Å². The second kappa shape index (κ2) is 4.61. The number of hydrogen-bond acceptors (Lipinski definition) is 5. The Labute approximate surface area is 95.2 Å². The summed E-state index contributed by atoms with van der Waals surface area (Å²) < 4.78 is 41.1. The van der Waals surface area contributed by atoms with Crippen LogP contribution in [0.3, 0.4) is 0 Å². The molecule has 1 N–H and O–H groups in total. The third kappa shape index (κ3) is 3.16. The van der Waals surface area contributed by atoms with Gasteiger partial charge in [-0.3, -0.25) is 4.90 Å². The van der Waals surface area contributed by atoms with Crippen LogP contribution in [-0.2, 0) is 12.7 Å². The molecule has 0 amide bonds. The summed E-state index contributed by atoms with van der Waals surface area (Å²) in [5.41, 5.74) is 0. The maximum Gasteiger partial charge on any atom is 0.455 e. The molecule has 0 bridgehead atoms. The van der Waals surface area contributed by atoms with E-state index in [4.69, 9.17) is 0 Å². The second-order valence-electron chi connectivity index (χ2n) is 4.02. The van der Waals surface area contributed by atoms with Crippen LogP contribution in [0.5, 0.6) is 0 Å². The summed E-state index contributed by atoms with van der Waals surface area (Å²) in [4.78, 5) is 5.16. The maximum atomic E-state index is 12.2. The standard InChI is InChI=1S/C9H12F3N3O2/c10-9(11,12)8-13-7(17-14-8)5-15-3-1-6(16)2-4-15/h6,16H,1-5H2. The maximum absolute atomic E-state index is 12.2. The van der Waals surface area contributed by atoms with E-state index in [2.05, 4.69) is 14.7 Å². The van der Waals surface area contributed by atoms with Gasteiger partial charge >= 0.3 is 6.18 Å². The molecule has 1 aromatic heterocycles. The Morgan fingerprint density at radius 3 is 2.53 bits per heavy atom. The number of halogens is 3. The lowest BCUT2D eigenvalue weighted by molar-refractivity contribution is -0.146. The van der Waals surface area contributed by atoms with Crippen molar-refractivity contribution in [3.05, 3.63) is 11.7 Å². The molecule has 0 spiro atoms. The summed E-state index contributed by atoms with van der Waals surface area (Å²) in [6.07, 6.45) is -3.67. The van der Waals surface area contributed by atoms with Gasteiger partial charge in [0.2, 0.25) is 5.89 Å². The number of aliphatic hydroxyl groups excluding tert-OH is 1. The molecule has 96 valence electrons. The summed E-state index contributed by atoms with van der Waals surface area (Å²) in [7, 11) is 0. The molecule has 1 aliphatic rings. The third-order valence-corrected chi connectivity index (χ3v) is 2.64. The molecule has 5 nitrogen and oxygen atoms in total. The van der Waals surface area contributed by atoms with Gasteiger partial charge in [-0.1, -0.05) is 5.16 Å². The number of piperidine rings is 1. The molecule has 0 aliphatic carbocycles. The summed E-state index contributed by atoms with van der Waals surface area (Å²) >= 11 is 0. The molecule has 2 rings (SSSR count). The van der Waals surface area contributed by atoms with Gasteiger partial charge < -0.3 is 9.63 Å². The van der Waals surface area contributed by atoms with Crippen molar-refractivity contribution in [3.63, 3.8) is 0 Å². The van der Waals surface area contributed by atoms with Crippen LogP contribution in [-0.4, -0.2) is 39.3 Å². The summed E-state index contributed by atoms with van der Waals surface area (Å²) in [5.74, 6) is -1.29. The molecule has 0 radical (unpaired) electrons. The van der Waals surface area contributed by atoms with E-state index < -0.39 is 12.0 Å². The molecule has 0 aromatic carbocycles. The third-order valence-electron chi connectivity index (χ3n) is 2.64. The Morgan fingerprint density at radius 2 is 2.00 bits per heavy atom. The van der Waals surface area contributed by atoms with Crippen molar-refractivity contribution in [1.82, 2.24) is 15.0 Å². The molecule has 8 heteroatoms. The number of rotatable bonds is 2. The summed E-state index contributed by atoms with van der Waals surface area (Å²) in [6, 6.07) is 0. The lowest BCUT2D eigenvalue weighted by Gasteiger charge is -2.27. The van der Waals surface area contributed by atoms with Gasteiger partial charge in [0.25, 0.3) is 5.82 Å². The number of hydrogen-bond donors (Lipinski definition) is 1. The van der Waals surface area contributed by atoms with Crippen molar-refractivity contribution >= 4 is 0 Å². The van der Waals surface area contributed by atoms with E-state index in [0.29, 0.717) is 25.9 Å². The predicted molar refractivity (Wildman–Crippen MR) is 49.8 cm³/mol. The quantitative estimate of drug-likeness (QED) is 0.851. The molecule has 1 fully saturated rings. The number of aliphatic hydroxyl groups is 1. The van der Waals surface area contributed by atoms with Crippen molar-refractivity contribution in [2.75, 3.05) is 13.1 Å². The molecule has 0 saturated carbocycles. The molecular weight excluding hydrogens is 239 g/mol. The number of aromatic nitrogens is 2. The van der Waals surface area contributed by atoms with Crippen LogP contribution >= 0.6 is 0 Å². The first-order chi connectivity index (χ1) is 7.95. The molecule has 1 saturated heterocycles. The Kier molecular flexibility index (Phi) is 3.34. The summed E-state index contributed by atoms with van der Waals surface area (Å²) in [6.45, 7) is 1.42. The largest absolute Gasteiger partial charge is 0.455 e. The highest BCUT2D eigenvalue weighted by Crippen LogP contribution is 2.26. The van der Waals surface area contributed by atoms with Crippen LogP contribution in [0.1, 0.15) is 24.6 Å². The molecule has 17 heavy (non-hydrogen) atoms. The van der Waals surface area contributed by atoms with Crippen molar-refractivity contribution in [1.29, 1.82) is 0 Å². The van der Waals surface area contributed by atoms with Crippen LogP contribution in [0, 0.1) is 0 Å². The number of likely N-dealkylation sites (tertiary alicyclic amines) is 1. The highest BCUT2D eigenvalue weighted by Gasteiger charge is 2.37. The minimum atomic E-state index is -4.57. The minimum absolute atomic E-state index is 0.0475. The first-order valence-corrected chi connectivity index (χ1v) is 5.25. The van der Waals surface area contributed by atoms with Crippen LogP contribution in [0.4, 0.5) is 13.2 Å². The first kappa shape index (κ1) is 12.3. The van der Waals surface area contributed by atoms with Crippen molar-refractivity contribution in [3.8, 4) is 0 Å². The Hall–Kier alpha value is -1.15. The topological polar surface area (TPSA) is 62.4 Å². The van der Waals surface area contributed by atoms with Crippen LogP contribution in [0.2, 0.25) is 0 Å². The molecular formula is C9H12F3N3O2. The van der Waals surface area contributed by atoms with Crippen molar-refractivity contribution < 1.29 is 22.8 Å². The average Bonchev–Trinajstić information content (AvgIpc) is 2.69.